The van der Waals surface area contributed by atoms with E-state index in [4.69, 9.17) is 9.47 Å². The normalized spacial score (nSPS) is 17.8. The van der Waals surface area contributed by atoms with Crippen molar-refractivity contribution in [3.8, 4) is 11.5 Å². The second-order valence-electron chi connectivity index (χ2n) is 9.58. The monoisotopic (exact) mass is 504 g/mol. The van der Waals surface area contributed by atoms with Crippen LogP contribution < -0.4 is 25.4 Å². The Kier molecular flexibility index (Phi) is 7.03. The van der Waals surface area contributed by atoms with E-state index in [-0.39, 0.29) is 30.6 Å². The Bertz CT molecular complexity index is 1260. The number of anilines is 1. The minimum atomic E-state index is -0.233. The third kappa shape index (κ3) is 5.12. The van der Waals surface area contributed by atoms with Crippen molar-refractivity contribution in [2.24, 2.45) is 0 Å². The summed E-state index contributed by atoms with van der Waals surface area (Å²) in [7, 11) is 0. The lowest BCUT2D eigenvalue weighted by molar-refractivity contribution is -0.110. The number of fused-ring (bicyclic) bond motifs is 2. The highest BCUT2D eigenvalue weighted by molar-refractivity contribution is 6.36. The molecule has 3 amide bonds. The molecule has 9 heteroatoms. The van der Waals surface area contributed by atoms with Gasteiger partial charge in [0.05, 0.1) is 11.3 Å². The molecule has 3 heterocycles. The van der Waals surface area contributed by atoms with Gasteiger partial charge in [0.25, 0.3) is 5.91 Å². The fraction of sp³-hybridized carbons (Fsp3) is 0.393. The van der Waals surface area contributed by atoms with Crippen molar-refractivity contribution in [1.29, 1.82) is 0 Å². The summed E-state index contributed by atoms with van der Waals surface area (Å²) in [5.74, 6) is 0.977. The Morgan fingerprint density at radius 2 is 1.81 bits per heavy atom. The maximum Gasteiger partial charge on any atom is 0.317 e. The van der Waals surface area contributed by atoms with Crippen LogP contribution in [0.15, 0.2) is 36.4 Å². The van der Waals surface area contributed by atoms with Gasteiger partial charge in [0.15, 0.2) is 17.3 Å². The fourth-order valence-electron chi connectivity index (χ4n) is 4.90. The topological polar surface area (TPSA) is 109 Å². The van der Waals surface area contributed by atoms with Gasteiger partial charge in [-0.1, -0.05) is 13.3 Å². The molecule has 37 heavy (non-hydrogen) atoms. The van der Waals surface area contributed by atoms with Crippen molar-refractivity contribution < 1.29 is 23.9 Å². The summed E-state index contributed by atoms with van der Waals surface area (Å²) in [5, 5.41) is 9.54. The van der Waals surface area contributed by atoms with E-state index in [1.165, 1.54) is 6.92 Å². The Morgan fingerprint density at radius 1 is 1.05 bits per heavy atom. The first kappa shape index (κ1) is 24.7. The number of hydrogen-bond acceptors (Lipinski definition) is 6. The second-order valence-corrected chi connectivity index (χ2v) is 9.58. The standard InChI is InChI=1S/C28H32N4O5/c1-3-4-11-29-28(35)32-12-9-20(10-13-32)30-26(19-6-8-23-24(15-19)37-16-36-23)25-21-14-18(17(2)33)5-7-22(21)31-27(25)34/h5-8,14-15,20,30H,3-4,9-13,16H2,1-2H3,(H,29,35)(H,31,34)/b26-25-. The largest absolute Gasteiger partial charge is 0.454 e. The summed E-state index contributed by atoms with van der Waals surface area (Å²) in [6.07, 6.45) is 3.48. The Morgan fingerprint density at radius 3 is 2.57 bits per heavy atom. The molecule has 194 valence electrons. The van der Waals surface area contributed by atoms with E-state index in [0.717, 1.165) is 31.2 Å². The van der Waals surface area contributed by atoms with Crippen LogP contribution in [0.5, 0.6) is 11.5 Å². The third-order valence-electron chi connectivity index (χ3n) is 7.02. The van der Waals surface area contributed by atoms with Gasteiger partial charge in [-0.15, -0.1) is 0 Å². The zero-order chi connectivity index (χ0) is 25.9. The van der Waals surface area contributed by atoms with E-state index in [2.05, 4.69) is 22.9 Å². The number of benzene rings is 2. The van der Waals surface area contributed by atoms with E-state index < -0.39 is 0 Å². The van der Waals surface area contributed by atoms with Crippen molar-refractivity contribution in [2.75, 3.05) is 31.7 Å². The van der Waals surface area contributed by atoms with Gasteiger partial charge >= 0.3 is 6.03 Å². The van der Waals surface area contributed by atoms with E-state index in [0.29, 0.717) is 59.2 Å². The van der Waals surface area contributed by atoms with Crippen LogP contribution in [-0.4, -0.2) is 55.1 Å². The minimum absolute atomic E-state index is 0.0258. The molecule has 0 aliphatic carbocycles. The SMILES string of the molecule is CCCCNC(=O)N1CCC(N/C(=C2\C(=O)Nc3ccc(C(C)=O)cc32)c2ccc3c(c2)OCO3)CC1. The predicted molar refractivity (Wildman–Crippen MR) is 140 cm³/mol. The quantitative estimate of drug-likeness (QED) is 0.299. The Labute approximate surface area is 216 Å². The van der Waals surface area contributed by atoms with Crippen LogP contribution in [0.4, 0.5) is 10.5 Å². The smallest absolute Gasteiger partial charge is 0.317 e. The predicted octanol–water partition coefficient (Wildman–Crippen LogP) is 4.00. The molecule has 0 spiro atoms. The lowest BCUT2D eigenvalue weighted by Crippen LogP contribution is -2.48. The van der Waals surface area contributed by atoms with E-state index >= 15 is 0 Å². The molecule has 5 rings (SSSR count). The maximum absolute atomic E-state index is 13.3. The molecule has 0 radical (unpaired) electrons. The van der Waals surface area contributed by atoms with E-state index in [1.807, 2.05) is 23.1 Å². The lowest BCUT2D eigenvalue weighted by atomic mass is 9.96. The number of nitrogens with zero attached hydrogens (tertiary/aromatic N) is 1. The summed E-state index contributed by atoms with van der Waals surface area (Å²) in [5.41, 5.74) is 3.84. The zero-order valence-electron chi connectivity index (χ0n) is 21.2. The number of Topliss-reactive ketones (excluding diaryl/α,β-unsaturated/α-hetero) is 1. The molecule has 3 aliphatic rings. The van der Waals surface area contributed by atoms with E-state index in [1.54, 1.807) is 18.2 Å². The minimum Gasteiger partial charge on any atom is -0.454 e. The number of amides is 3. The van der Waals surface area contributed by atoms with Gasteiger partial charge in [-0.3, -0.25) is 9.59 Å². The molecule has 1 fully saturated rings. The van der Waals surface area contributed by atoms with Crippen LogP contribution >= 0.6 is 0 Å². The number of likely N-dealkylation sites (tertiary alicyclic amines) is 1. The fourth-order valence-corrected chi connectivity index (χ4v) is 4.90. The first-order chi connectivity index (χ1) is 17.9. The first-order valence-electron chi connectivity index (χ1n) is 12.8. The van der Waals surface area contributed by atoms with Crippen molar-refractivity contribution in [3.63, 3.8) is 0 Å². The van der Waals surface area contributed by atoms with Gasteiger partial charge in [0, 0.05) is 48.1 Å². The number of nitrogens with one attached hydrogen (secondary N) is 3. The number of carbonyl (C=O) groups is 3. The molecule has 3 N–H and O–H groups in total. The van der Waals surface area contributed by atoms with Crippen molar-refractivity contribution >= 4 is 34.7 Å². The average Bonchev–Trinajstić information content (AvgIpc) is 3.50. The van der Waals surface area contributed by atoms with Crippen molar-refractivity contribution in [1.82, 2.24) is 15.5 Å². The molecule has 3 aliphatic heterocycles. The lowest BCUT2D eigenvalue weighted by Gasteiger charge is -2.34. The van der Waals surface area contributed by atoms with Crippen LogP contribution in [0.25, 0.3) is 11.3 Å². The summed E-state index contributed by atoms with van der Waals surface area (Å²) in [4.78, 5) is 39.7. The third-order valence-corrected chi connectivity index (χ3v) is 7.02. The summed E-state index contributed by atoms with van der Waals surface area (Å²) >= 11 is 0. The highest BCUT2D eigenvalue weighted by atomic mass is 16.7. The Hall–Kier alpha value is -4.01. The summed E-state index contributed by atoms with van der Waals surface area (Å²) in [6, 6.07) is 10.9. The van der Waals surface area contributed by atoms with Gasteiger partial charge in [-0.05, 0) is 62.6 Å². The molecular formula is C28H32N4O5. The van der Waals surface area contributed by atoms with Gasteiger partial charge in [-0.2, -0.15) is 0 Å². The molecule has 2 aromatic rings. The number of rotatable bonds is 7. The molecule has 9 nitrogen and oxygen atoms in total. The number of carbonyl (C=O) groups excluding carboxylic acids is 3. The van der Waals surface area contributed by atoms with Crippen molar-refractivity contribution in [2.45, 2.75) is 45.6 Å². The van der Waals surface area contributed by atoms with Gasteiger partial charge in [0.1, 0.15) is 0 Å². The zero-order valence-corrected chi connectivity index (χ0v) is 21.2. The molecule has 2 aromatic carbocycles. The van der Waals surface area contributed by atoms with Crippen molar-refractivity contribution in [3.05, 3.63) is 53.1 Å². The molecule has 1 saturated heterocycles. The number of ether oxygens (including phenoxy) is 2. The highest BCUT2D eigenvalue weighted by Gasteiger charge is 2.32. The molecule has 0 atom stereocenters. The van der Waals surface area contributed by atoms with Crippen LogP contribution in [0, 0.1) is 0 Å². The first-order valence-corrected chi connectivity index (χ1v) is 12.8. The number of piperidine rings is 1. The van der Waals surface area contributed by atoms with Gasteiger partial charge in [0.2, 0.25) is 6.79 Å². The van der Waals surface area contributed by atoms with Crippen LogP contribution in [-0.2, 0) is 4.79 Å². The number of ketones is 1. The Balaban J connectivity index is 1.45. The molecule has 0 bridgehead atoms. The summed E-state index contributed by atoms with van der Waals surface area (Å²) in [6.45, 7) is 5.69. The number of urea groups is 1. The number of hydrogen-bond donors (Lipinski definition) is 3. The van der Waals surface area contributed by atoms with Gasteiger partial charge in [-0.25, -0.2) is 4.79 Å². The van der Waals surface area contributed by atoms with E-state index in [9.17, 15) is 14.4 Å². The second kappa shape index (κ2) is 10.5. The molecule has 0 saturated carbocycles. The average molecular weight is 505 g/mol. The van der Waals surface area contributed by atoms with Crippen LogP contribution in [0.3, 0.4) is 0 Å². The molecule has 0 aromatic heterocycles. The highest BCUT2D eigenvalue weighted by Crippen LogP contribution is 2.40. The maximum atomic E-state index is 13.3. The molecule has 0 unspecified atom stereocenters. The number of unbranched alkanes of at least 4 members (excludes halogenated alkanes) is 1. The van der Waals surface area contributed by atoms with Gasteiger partial charge < -0.3 is 30.3 Å². The van der Waals surface area contributed by atoms with Crippen LogP contribution in [0.2, 0.25) is 0 Å². The summed E-state index contributed by atoms with van der Waals surface area (Å²) < 4.78 is 11.1. The molecular weight excluding hydrogens is 472 g/mol. The van der Waals surface area contributed by atoms with Crippen LogP contribution in [0.1, 0.15) is 61.0 Å².